The third kappa shape index (κ3) is 5.18. The van der Waals surface area contributed by atoms with Crippen LogP contribution in [0, 0.1) is 5.92 Å². The van der Waals surface area contributed by atoms with Gasteiger partial charge in [-0.3, -0.25) is 9.59 Å². The SMILES string of the molecule is COc1ccc(C(=O)C2CCN(C(=O)c3ccc(Br)cc3OC(C)C)CC2)cc1. The number of hydrogen-bond donors (Lipinski definition) is 0. The van der Waals surface area contributed by atoms with Crippen molar-refractivity contribution in [3.8, 4) is 11.5 Å². The van der Waals surface area contributed by atoms with Gasteiger partial charge >= 0.3 is 0 Å². The van der Waals surface area contributed by atoms with Crippen LogP contribution in [0.15, 0.2) is 46.9 Å². The highest BCUT2D eigenvalue weighted by Crippen LogP contribution is 2.29. The maximum absolute atomic E-state index is 13.1. The Balaban J connectivity index is 1.66. The number of amides is 1. The molecule has 0 bridgehead atoms. The standard InChI is InChI=1S/C23H26BrNO4/c1-15(2)29-21-14-18(24)6-9-20(21)23(27)25-12-10-17(11-13-25)22(26)16-4-7-19(28-3)8-5-16/h4-9,14-15,17H,10-13H2,1-3H3. The molecule has 0 aromatic heterocycles. The van der Waals surface area contributed by atoms with E-state index in [0.29, 0.717) is 42.8 Å². The Kier molecular flexibility index (Phi) is 6.96. The van der Waals surface area contributed by atoms with Crippen LogP contribution in [0.1, 0.15) is 47.4 Å². The maximum Gasteiger partial charge on any atom is 0.257 e. The normalized spacial score (nSPS) is 14.7. The van der Waals surface area contributed by atoms with Crippen molar-refractivity contribution in [3.63, 3.8) is 0 Å². The lowest BCUT2D eigenvalue weighted by atomic mass is 9.88. The number of benzene rings is 2. The number of halogens is 1. The molecule has 5 nitrogen and oxygen atoms in total. The van der Waals surface area contributed by atoms with E-state index in [9.17, 15) is 9.59 Å². The first-order valence-electron chi connectivity index (χ1n) is 9.82. The summed E-state index contributed by atoms with van der Waals surface area (Å²) >= 11 is 3.44. The second-order valence-electron chi connectivity index (χ2n) is 7.47. The number of nitrogens with zero attached hydrogens (tertiary/aromatic N) is 1. The van der Waals surface area contributed by atoms with E-state index in [2.05, 4.69) is 15.9 Å². The summed E-state index contributed by atoms with van der Waals surface area (Å²) in [5, 5.41) is 0. The number of piperidine rings is 1. The smallest absolute Gasteiger partial charge is 0.257 e. The summed E-state index contributed by atoms with van der Waals surface area (Å²) < 4.78 is 11.9. The Morgan fingerprint density at radius 2 is 1.72 bits per heavy atom. The van der Waals surface area contributed by atoms with Gasteiger partial charge in [-0.25, -0.2) is 0 Å². The lowest BCUT2D eigenvalue weighted by Crippen LogP contribution is -2.40. The molecule has 1 saturated heterocycles. The second-order valence-corrected chi connectivity index (χ2v) is 8.38. The molecule has 3 rings (SSSR count). The zero-order valence-electron chi connectivity index (χ0n) is 17.0. The van der Waals surface area contributed by atoms with Gasteiger partial charge in [-0.2, -0.15) is 0 Å². The van der Waals surface area contributed by atoms with E-state index in [-0.39, 0.29) is 23.7 Å². The van der Waals surface area contributed by atoms with Crippen LogP contribution in [0.25, 0.3) is 0 Å². The van der Waals surface area contributed by atoms with Crippen LogP contribution >= 0.6 is 15.9 Å². The van der Waals surface area contributed by atoms with E-state index in [4.69, 9.17) is 9.47 Å². The average Bonchev–Trinajstić information content (AvgIpc) is 2.72. The van der Waals surface area contributed by atoms with E-state index < -0.39 is 0 Å². The van der Waals surface area contributed by atoms with Crippen molar-refractivity contribution in [2.75, 3.05) is 20.2 Å². The first kappa shape index (κ1) is 21.4. The third-order valence-electron chi connectivity index (χ3n) is 5.06. The molecule has 2 aromatic carbocycles. The van der Waals surface area contributed by atoms with Gasteiger partial charge in [-0.05, 0) is 69.2 Å². The second kappa shape index (κ2) is 9.44. The van der Waals surface area contributed by atoms with Gasteiger partial charge in [0.05, 0.1) is 18.8 Å². The van der Waals surface area contributed by atoms with Crippen LogP contribution in [0.2, 0.25) is 0 Å². The molecule has 1 heterocycles. The molecule has 0 saturated carbocycles. The molecule has 0 unspecified atom stereocenters. The number of carbonyl (C=O) groups excluding carboxylic acids is 2. The molecule has 1 aliphatic rings. The highest BCUT2D eigenvalue weighted by Gasteiger charge is 2.29. The summed E-state index contributed by atoms with van der Waals surface area (Å²) in [6.07, 6.45) is 1.30. The molecule has 2 aromatic rings. The fraction of sp³-hybridized carbons (Fsp3) is 0.391. The number of ether oxygens (including phenoxy) is 2. The van der Waals surface area contributed by atoms with Gasteiger partial charge in [0.2, 0.25) is 0 Å². The van der Waals surface area contributed by atoms with E-state index in [1.165, 1.54) is 0 Å². The van der Waals surface area contributed by atoms with Gasteiger partial charge < -0.3 is 14.4 Å². The zero-order chi connectivity index (χ0) is 21.0. The summed E-state index contributed by atoms with van der Waals surface area (Å²) in [5.74, 6) is 1.33. The molecular formula is C23H26BrNO4. The summed E-state index contributed by atoms with van der Waals surface area (Å²) in [6, 6.07) is 12.7. The largest absolute Gasteiger partial charge is 0.497 e. The molecule has 6 heteroatoms. The molecule has 154 valence electrons. The predicted molar refractivity (Wildman–Crippen MR) is 116 cm³/mol. The molecule has 0 N–H and O–H groups in total. The van der Waals surface area contributed by atoms with Crippen LogP contribution in [0.3, 0.4) is 0 Å². The molecule has 1 aliphatic heterocycles. The Bertz CT molecular complexity index is 871. The Hall–Kier alpha value is -2.34. The van der Waals surface area contributed by atoms with E-state index in [0.717, 1.165) is 10.2 Å². The lowest BCUT2D eigenvalue weighted by molar-refractivity contribution is 0.0645. The van der Waals surface area contributed by atoms with Crippen molar-refractivity contribution in [1.82, 2.24) is 4.90 Å². The minimum atomic E-state index is -0.0660. The van der Waals surface area contributed by atoms with Gasteiger partial charge in [0.1, 0.15) is 11.5 Å². The van der Waals surface area contributed by atoms with Gasteiger partial charge in [-0.1, -0.05) is 15.9 Å². The van der Waals surface area contributed by atoms with Crippen molar-refractivity contribution in [3.05, 3.63) is 58.1 Å². The van der Waals surface area contributed by atoms with E-state index in [1.807, 2.05) is 30.9 Å². The average molecular weight is 460 g/mol. The van der Waals surface area contributed by atoms with Gasteiger partial charge in [0.15, 0.2) is 5.78 Å². The van der Waals surface area contributed by atoms with Crippen molar-refractivity contribution in [1.29, 1.82) is 0 Å². The fourth-order valence-electron chi connectivity index (χ4n) is 3.53. The summed E-state index contributed by atoms with van der Waals surface area (Å²) in [6.45, 7) is 4.99. The van der Waals surface area contributed by atoms with Crippen LogP contribution in [-0.2, 0) is 0 Å². The van der Waals surface area contributed by atoms with Crippen molar-refractivity contribution < 1.29 is 19.1 Å². The molecule has 29 heavy (non-hydrogen) atoms. The molecule has 1 fully saturated rings. The number of hydrogen-bond acceptors (Lipinski definition) is 4. The fourth-order valence-corrected chi connectivity index (χ4v) is 3.87. The molecule has 1 amide bonds. The number of rotatable bonds is 6. The monoisotopic (exact) mass is 459 g/mol. The Morgan fingerprint density at radius 1 is 1.07 bits per heavy atom. The highest BCUT2D eigenvalue weighted by molar-refractivity contribution is 9.10. The number of carbonyl (C=O) groups is 2. The highest BCUT2D eigenvalue weighted by atomic mass is 79.9. The van der Waals surface area contributed by atoms with E-state index >= 15 is 0 Å². The van der Waals surface area contributed by atoms with Crippen molar-refractivity contribution in [2.24, 2.45) is 5.92 Å². The first-order chi connectivity index (χ1) is 13.9. The van der Waals surface area contributed by atoms with Gasteiger partial charge in [0, 0.05) is 29.0 Å². The van der Waals surface area contributed by atoms with Crippen LogP contribution in [0.4, 0.5) is 0 Å². The first-order valence-corrected chi connectivity index (χ1v) is 10.6. The molecule has 0 atom stereocenters. The molecule has 0 spiro atoms. The van der Waals surface area contributed by atoms with Crippen LogP contribution in [-0.4, -0.2) is 42.9 Å². The summed E-state index contributed by atoms with van der Waals surface area (Å²) in [5.41, 5.74) is 1.25. The topological polar surface area (TPSA) is 55.8 Å². The molecular weight excluding hydrogens is 434 g/mol. The lowest BCUT2D eigenvalue weighted by Gasteiger charge is -2.32. The number of methoxy groups -OCH3 is 1. The molecule has 0 aliphatic carbocycles. The number of likely N-dealkylation sites (tertiary alicyclic amines) is 1. The summed E-state index contributed by atoms with van der Waals surface area (Å²) in [4.78, 5) is 27.7. The van der Waals surface area contributed by atoms with E-state index in [1.54, 1.807) is 37.4 Å². The zero-order valence-corrected chi connectivity index (χ0v) is 18.6. The maximum atomic E-state index is 13.1. The quantitative estimate of drug-likeness (QED) is 0.571. The number of ketones is 1. The third-order valence-corrected chi connectivity index (χ3v) is 5.56. The molecule has 0 radical (unpaired) electrons. The van der Waals surface area contributed by atoms with Crippen molar-refractivity contribution in [2.45, 2.75) is 32.8 Å². The van der Waals surface area contributed by atoms with Crippen LogP contribution in [0.5, 0.6) is 11.5 Å². The Morgan fingerprint density at radius 3 is 2.31 bits per heavy atom. The summed E-state index contributed by atoms with van der Waals surface area (Å²) in [7, 11) is 1.60. The minimum absolute atomic E-state index is 0.0243. The van der Waals surface area contributed by atoms with Crippen molar-refractivity contribution >= 4 is 27.6 Å². The van der Waals surface area contributed by atoms with Gasteiger partial charge in [0.25, 0.3) is 5.91 Å². The van der Waals surface area contributed by atoms with Crippen LogP contribution < -0.4 is 9.47 Å². The Labute approximate surface area is 180 Å². The number of Topliss-reactive ketones (excluding diaryl/α,β-unsaturated/α-hetero) is 1. The predicted octanol–water partition coefficient (Wildman–Crippen LogP) is 4.98. The van der Waals surface area contributed by atoms with Gasteiger partial charge in [-0.15, -0.1) is 0 Å². The minimum Gasteiger partial charge on any atom is -0.497 e.